The number of aromatic nitrogens is 2. The van der Waals surface area contributed by atoms with Gasteiger partial charge < -0.3 is 13.9 Å². The maximum Gasteiger partial charge on any atom is 0.247 e. The molecule has 0 radical (unpaired) electrons. The molecule has 0 bridgehead atoms. The number of ether oxygens (including phenoxy) is 2. The summed E-state index contributed by atoms with van der Waals surface area (Å²) >= 11 is 0. The molecule has 3 aromatic rings. The average Bonchev–Trinajstić information content (AvgIpc) is 3.19. The number of hydrogen-bond donors (Lipinski definition) is 0. The maximum absolute atomic E-state index is 5.94. The van der Waals surface area contributed by atoms with Crippen molar-refractivity contribution in [2.75, 3.05) is 20.3 Å². The molecular weight excluding hydrogens is 342 g/mol. The lowest BCUT2D eigenvalue weighted by Gasteiger charge is -2.39. The van der Waals surface area contributed by atoms with Crippen LogP contribution in [0.15, 0.2) is 59.0 Å². The topological polar surface area (TPSA) is 60.6 Å². The molecule has 27 heavy (non-hydrogen) atoms. The smallest absolute Gasteiger partial charge is 0.247 e. The Morgan fingerprint density at radius 3 is 2.74 bits per heavy atom. The molecule has 6 heteroatoms. The minimum absolute atomic E-state index is 0.169. The predicted molar refractivity (Wildman–Crippen MR) is 101 cm³/mol. The van der Waals surface area contributed by atoms with Gasteiger partial charge >= 0.3 is 0 Å². The molecule has 0 amide bonds. The Labute approximate surface area is 158 Å². The van der Waals surface area contributed by atoms with Crippen molar-refractivity contribution in [2.24, 2.45) is 0 Å². The van der Waals surface area contributed by atoms with Gasteiger partial charge in [-0.3, -0.25) is 4.90 Å². The van der Waals surface area contributed by atoms with E-state index in [0.717, 1.165) is 11.3 Å². The second-order valence-corrected chi connectivity index (χ2v) is 6.72. The molecule has 0 N–H and O–H groups in total. The molecule has 6 nitrogen and oxygen atoms in total. The second kappa shape index (κ2) is 7.90. The first-order chi connectivity index (χ1) is 13.2. The first-order valence-corrected chi connectivity index (χ1v) is 9.10. The van der Waals surface area contributed by atoms with Crippen LogP contribution in [-0.4, -0.2) is 41.5 Å². The predicted octanol–water partition coefficient (Wildman–Crippen LogP) is 3.71. The van der Waals surface area contributed by atoms with Gasteiger partial charge in [-0.15, -0.1) is 10.2 Å². The SMILES string of the molecule is COc1cccc(-c2nnc(CN3[C@H](C)COC[C@@H]3c3ccccc3)o2)c1. The molecule has 2 aromatic carbocycles. The third-order valence-electron chi connectivity index (χ3n) is 4.89. The number of hydrogen-bond acceptors (Lipinski definition) is 6. The highest BCUT2D eigenvalue weighted by Crippen LogP contribution is 2.30. The van der Waals surface area contributed by atoms with Crippen molar-refractivity contribution >= 4 is 0 Å². The van der Waals surface area contributed by atoms with E-state index in [1.807, 2.05) is 30.3 Å². The van der Waals surface area contributed by atoms with Crippen molar-refractivity contribution in [3.05, 3.63) is 66.1 Å². The summed E-state index contributed by atoms with van der Waals surface area (Å²) in [5.74, 6) is 1.86. The molecule has 1 aliphatic heterocycles. The largest absolute Gasteiger partial charge is 0.497 e. The maximum atomic E-state index is 5.94. The van der Waals surface area contributed by atoms with E-state index in [1.54, 1.807) is 7.11 Å². The summed E-state index contributed by atoms with van der Waals surface area (Å²) in [6, 6.07) is 18.5. The quantitative estimate of drug-likeness (QED) is 0.687. The van der Waals surface area contributed by atoms with Crippen LogP contribution in [0, 0.1) is 0 Å². The zero-order chi connectivity index (χ0) is 18.6. The summed E-state index contributed by atoms with van der Waals surface area (Å²) in [5, 5.41) is 8.48. The molecule has 0 aliphatic carbocycles. The van der Waals surface area contributed by atoms with Gasteiger partial charge in [0.25, 0.3) is 0 Å². The van der Waals surface area contributed by atoms with Gasteiger partial charge in [-0.2, -0.15) is 0 Å². The van der Waals surface area contributed by atoms with Crippen molar-refractivity contribution in [2.45, 2.75) is 25.6 Å². The van der Waals surface area contributed by atoms with Gasteiger partial charge in [0.05, 0.1) is 32.9 Å². The molecule has 1 fully saturated rings. The minimum atomic E-state index is 0.169. The number of benzene rings is 2. The monoisotopic (exact) mass is 365 g/mol. The van der Waals surface area contributed by atoms with Crippen molar-refractivity contribution < 1.29 is 13.9 Å². The van der Waals surface area contributed by atoms with Gasteiger partial charge in [0.2, 0.25) is 11.8 Å². The Balaban J connectivity index is 1.56. The van der Waals surface area contributed by atoms with E-state index in [2.05, 4.69) is 46.3 Å². The Bertz CT molecular complexity index is 881. The first kappa shape index (κ1) is 17.7. The standard InChI is InChI=1S/C21H23N3O3/c1-15-13-26-14-19(16-7-4-3-5-8-16)24(15)12-20-22-23-21(27-20)17-9-6-10-18(11-17)25-2/h3-11,15,19H,12-14H2,1-2H3/t15-,19-/m1/s1. The Morgan fingerprint density at radius 2 is 1.93 bits per heavy atom. The zero-order valence-electron chi connectivity index (χ0n) is 15.5. The van der Waals surface area contributed by atoms with Crippen molar-refractivity contribution in [1.29, 1.82) is 0 Å². The summed E-state index contributed by atoms with van der Waals surface area (Å²) in [6.07, 6.45) is 0. The lowest BCUT2D eigenvalue weighted by molar-refractivity contribution is -0.0522. The van der Waals surface area contributed by atoms with Crippen LogP contribution in [0.25, 0.3) is 11.5 Å². The number of methoxy groups -OCH3 is 1. The van der Waals surface area contributed by atoms with Crippen LogP contribution in [0.5, 0.6) is 5.75 Å². The molecule has 1 aromatic heterocycles. The molecule has 0 spiro atoms. The molecule has 1 aliphatic rings. The molecule has 140 valence electrons. The second-order valence-electron chi connectivity index (χ2n) is 6.72. The average molecular weight is 365 g/mol. The molecule has 1 saturated heterocycles. The third kappa shape index (κ3) is 3.86. The molecule has 0 unspecified atom stereocenters. The van der Waals surface area contributed by atoms with E-state index in [9.17, 15) is 0 Å². The van der Waals surface area contributed by atoms with E-state index >= 15 is 0 Å². The van der Waals surface area contributed by atoms with Crippen LogP contribution in [0.4, 0.5) is 0 Å². The van der Waals surface area contributed by atoms with E-state index in [1.165, 1.54) is 5.56 Å². The Kier molecular flexibility index (Phi) is 5.18. The van der Waals surface area contributed by atoms with Crippen LogP contribution in [0.3, 0.4) is 0 Å². The Hall–Kier alpha value is -2.70. The number of nitrogens with zero attached hydrogens (tertiary/aromatic N) is 3. The molecule has 2 atom stereocenters. The fraction of sp³-hybridized carbons (Fsp3) is 0.333. The summed E-state index contributed by atoms with van der Waals surface area (Å²) in [7, 11) is 1.64. The number of rotatable bonds is 5. The summed E-state index contributed by atoms with van der Waals surface area (Å²) in [6.45, 7) is 4.10. The fourth-order valence-corrected chi connectivity index (χ4v) is 3.42. The van der Waals surface area contributed by atoms with E-state index in [-0.39, 0.29) is 12.1 Å². The van der Waals surface area contributed by atoms with Crippen LogP contribution < -0.4 is 4.74 Å². The van der Waals surface area contributed by atoms with Crippen LogP contribution in [0.2, 0.25) is 0 Å². The highest BCUT2D eigenvalue weighted by Gasteiger charge is 2.31. The van der Waals surface area contributed by atoms with E-state index in [0.29, 0.717) is 31.5 Å². The summed E-state index contributed by atoms with van der Waals surface area (Å²) < 4.78 is 17.0. The van der Waals surface area contributed by atoms with Gasteiger partial charge in [0, 0.05) is 11.6 Å². The van der Waals surface area contributed by atoms with Gasteiger partial charge in [-0.25, -0.2) is 0 Å². The van der Waals surface area contributed by atoms with Crippen molar-refractivity contribution in [3.8, 4) is 17.2 Å². The molecule has 4 rings (SSSR count). The van der Waals surface area contributed by atoms with E-state index in [4.69, 9.17) is 13.9 Å². The molecule has 0 saturated carbocycles. The first-order valence-electron chi connectivity index (χ1n) is 9.10. The summed E-state index contributed by atoms with van der Waals surface area (Å²) in [5.41, 5.74) is 2.08. The third-order valence-corrected chi connectivity index (χ3v) is 4.89. The summed E-state index contributed by atoms with van der Waals surface area (Å²) in [4.78, 5) is 2.36. The van der Waals surface area contributed by atoms with Crippen molar-refractivity contribution in [3.63, 3.8) is 0 Å². The highest BCUT2D eigenvalue weighted by molar-refractivity contribution is 5.55. The number of morpholine rings is 1. The zero-order valence-corrected chi connectivity index (χ0v) is 15.5. The van der Waals surface area contributed by atoms with Gasteiger partial charge in [0.15, 0.2) is 0 Å². The normalized spacial score (nSPS) is 20.5. The van der Waals surface area contributed by atoms with Crippen LogP contribution in [0.1, 0.15) is 24.4 Å². The fourth-order valence-electron chi connectivity index (χ4n) is 3.42. The van der Waals surface area contributed by atoms with Crippen LogP contribution in [-0.2, 0) is 11.3 Å². The van der Waals surface area contributed by atoms with Crippen molar-refractivity contribution in [1.82, 2.24) is 15.1 Å². The van der Waals surface area contributed by atoms with Gasteiger partial charge in [0.1, 0.15) is 5.75 Å². The van der Waals surface area contributed by atoms with E-state index < -0.39 is 0 Å². The van der Waals surface area contributed by atoms with Gasteiger partial charge in [-0.05, 0) is 30.7 Å². The lowest BCUT2D eigenvalue weighted by Crippen LogP contribution is -2.45. The highest BCUT2D eigenvalue weighted by atomic mass is 16.5. The van der Waals surface area contributed by atoms with Crippen LogP contribution >= 0.6 is 0 Å². The molecule has 2 heterocycles. The molecular formula is C21H23N3O3. The van der Waals surface area contributed by atoms with Gasteiger partial charge in [-0.1, -0.05) is 36.4 Å². The lowest BCUT2D eigenvalue weighted by atomic mass is 10.0. The minimum Gasteiger partial charge on any atom is -0.497 e. The Morgan fingerprint density at radius 1 is 1.07 bits per heavy atom.